The summed E-state index contributed by atoms with van der Waals surface area (Å²) in [7, 11) is 0. The summed E-state index contributed by atoms with van der Waals surface area (Å²) in [6, 6.07) is 10.3. The molecule has 2 aromatic rings. The first-order valence-corrected chi connectivity index (χ1v) is 4.86. The van der Waals surface area contributed by atoms with Crippen LogP contribution in [0.5, 0.6) is 0 Å². The number of aromatic nitrogens is 2. The molecule has 1 heterocycles. The van der Waals surface area contributed by atoms with Crippen molar-refractivity contribution in [3.63, 3.8) is 0 Å². The molecule has 0 spiro atoms. The minimum Gasteiger partial charge on any atom is -0.159 e. The van der Waals surface area contributed by atoms with Crippen molar-refractivity contribution >= 4 is 12.2 Å². The Morgan fingerprint density at radius 3 is 2.60 bits per heavy atom. The van der Waals surface area contributed by atoms with Crippen molar-refractivity contribution in [2.24, 2.45) is 0 Å². The van der Waals surface area contributed by atoms with Crippen LogP contribution in [-0.2, 0) is 0 Å². The number of hydrogen-bond acceptors (Lipinski definition) is 2. The van der Waals surface area contributed by atoms with Gasteiger partial charge in [0.25, 0.3) is 0 Å². The molecule has 0 amide bonds. The molecular formula is C13H12N2. The second-order valence-electron chi connectivity index (χ2n) is 3.42. The van der Waals surface area contributed by atoms with Gasteiger partial charge in [0.15, 0.2) is 0 Å². The van der Waals surface area contributed by atoms with E-state index in [2.05, 4.69) is 47.5 Å². The zero-order chi connectivity index (χ0) is 10.5. The van der Waals surface area contributed by atoms with Gasteiger partial charge in [0.2, 0.25) is 0 Å². The third kappa shape index (κ3) is 2.74. The Hall–Kier alpha value is -1.96. The van der Waals surface area contributed by atoms with E-state index in [1.54, 1.807) is 12.4 Å². The highest BCUT2D eigenvalue weighted by Gasteiger charge is 1.88. The van der Waals surface area contributed by atoms with Crippen molar-refractivity contribution in [2.75, 3.05) is 0 Å². The van der Waals surface area contributed by atoms with Gasteiger partial charge in [0.1, 0.15) is 0 Å². The lowest BCUT2D eigenvalue weighted by atomic mass is 10.1. The van der Waals surface area contributed by atoms with Crippen LogP contribution in [0.3, 0.4) is 0 Å². The minimum atomic E-state index is 1.06. The average molecular weight is 196 g/mol. The number of benzene rings is 1. The van der Waals surface area contributed by atoms with E-state index in [-0.39, 0.29) is 0 Å². The molecule has 74 valence electrons. The van der Waals surface area contributed by atoms with Gasteiger partial charge in [-0.1, -0.05) is 42.0 Å². The summed E-state index contributed by atoms with van der Waals surface area (Å²) < 4.78 is 0. The van der Waals surface area contributed by atoms with Crippen LogP contribution in [0.4, 0.5) is 0 Å². The van der Waals surface area contributed by atoms with E-state index in [0.717, 1.165) is 5.56 Å². The molecule has 0 aliphatic rings. The molecule has 0 fully saturated rings. The predicted octanol–water partition coefficient (Wildman–Crippen LogP) is 2.96. The second-order valence-corrected chi connectivity index (χ2v) is 3.42. The van der Waals surface area contributed by atoms with Crippen LogP contribution in [0.1, 0.15) is 16.7 Å². The molecule has 0 aliphatic carbocycles. The third-order valence-electron chi connectivity index (χ3n) is 2.12. The molecular weight excluding hydrogens is 184 g/mol. The Morgan fingerprint density at radius 1 is 1.00 bits per heavy atom. The maximum absolute atomic E-state index is 3.81. The summed E-state index contributed by atoms with van der Waals surface area (Å²) in [5.74, 6) is 0. The van der Waals surface area contributed by atoms with Crippen LogP contribution in [0, 0.1) is 6.92 Å². The fraction of sp³-hybridized carbons (Fsp3) is 0.0769. The van der Waals surface area contributed by atoms with Crippen molar-refractivity contribution in [3.8, 4) is 0 Å². The Bertz CT molecular complexity index is 461. The number of nitrogens with zero attached hydrogens (tertiary/aromatic N) is 2. The molecule has 0 unspecified atom stereocenters. The molecule has 0 bridgehead atoms. The summed E-state index contributed by atoms with van der Waals surface area (Å²) in [6.07, 6.45) is 7.54. The van der Waals surface area contributed by atoms with Gasteiger partial charge in [-0.2, -0.15) is 10.2 Å². The number of hydrogen-bond donors (Lipinski definition) is 0. The van der Waals surface area contributed by atoms with E-state index in [1.165, 1.54) is 11.1 Å². The Morgan fingerprint density at radius 2 is 1.87 bits per heavy atom. The molecule has 2 nitrogen and oxygen atoms in total. The van der Waals surface area contributed by atoms with Gasteiger partial charge < -0.3 is 0 Å². The Balaban J connectivity index is 2.19. The lowest BCUT2D eigenvalue weighted by Crippen LogP contribution is -1.79. The van der Waals surface area contributed by atoms with Crippen molar-refractivity contribution in [1.82, 2.24) is 10.2 Å². The first-order chi connectivity index (χ1) is 7.34. The van der Waals surface area contributed by atoms with Crippen LogP contribution < -0.4 is 0 Å². The average Bonchev–Trinajstić information content (AvgIpc) is 2.28. The zero-order valence-corrected chi connectivity index (χ0v) is 8.59. The molecule has 0 aliphatic heterocycles. The first kappa shape index (κ1) is 9.59. The fourth-order valence-corrected chi connectivity index (χ4v) is 1.37. The zero-order valence-electron chi connectivity index (χ0n) is 8.59. The summed E-state index contributed by atoms with van der Waals surface area (Å²) in [5, 5.41) is 7.54. The Kier molecular flexibility index (Phi) is 2.88. The van der Waals surface area contributed by atoms with Crippen molar-refractivity contribution in [3.05, 3.63) is 59.4 Å². The van der Waals surface area contributed by atoms with Gasteiger partial charge in [0.05, 0.1) is 12.4 Å². The van der Waals surface area contributed by atoms with Gasteiger partial charge in [-0.3, -0.25) is 0 Å². The summed E-state index contributed by atoms with van der Waals surface area (Å²) in [4.78, 5) is 0. The smallest absolute Gasteiger partial charge is 0.0568 e. The molecule has 1 aromatic carbocycles. The molecule has 15 heavy (non-hydrogen) atoms. The van der Waals surface area contributed by atoms with Crippen LogP contribution in [0.25, 0.3) is 12.2 Å². The van der Waals surface area contributed by atoms with E-state index in [0.29, 0.717) is 0 Å². The van der Waals surface area contributed by atoms with Crippen LogP contribution in [-0.4, -0.2) is 10.2 Å². The highest BCUT2D eigenvalue weighted by molar-refractivity contribution is 5.69. The normalized spacial score (nSPS) is 10.7. The molecule has 0 atom stereocenters. The van der Waals surface area contributed by atoms with Gasteiger partial charge in [0, 0.05) is 0 Å². The highest BCUT2D eigenvalue weighted by Crippen LogP contribution is 2.08. The molecule has 0 saturated carbocycles. The summed E-state index contributed by atoms with van der Waals surface area (Å²) in [5.41, 5.74) is 3.53. The number of rotatable bonds is 2. The van der Waals surface area contributed by atoms with E-state index >= 15 is 0 Å². The van der Waals surface area contributed by atoms with Gasteiger partial charge in [-0.25, -0.2) is 0 Å². The van der Waals surface area contributed by atoms with Gasteiger partial charge in [-0.15, -0.1) is 0 Å². The van der Waals surface area contributed by atoms with Crippen LogP contribution in [0.2, 0.25) is 0 Å². The predicted molar refractivity (Wildman–Crippen MR) is 62.1 cm³/mol. The van der Waals surface area contributed by atoms with Crippen molar-refractivity contribution < 1.29 is 0 Å². The minimum absolute atomic E-state index is 1.06. The Labute approximate surface area is 89.3 Å². The van der Waals surface area contributed by atoms with Gasteiger partial charge in [-0.05, 0) is 24.1 Å². The maximum atomic E-state index is 3.81. The fourth-order valence-electron chi connectivity index (χ4n) is 1.37. The SMILES string of the molecule is Cc1cccc(C=Cc2ccnnc2)c1. The molecule has 2 heteroatoms. The van der Waals surface area contributed by atoms with Crippen LogP contribution >= 0.6 is 0 Å². The third-order valence-corrected chi connectivity index (χ3v) is 2.12. The summed E-state index contributed by atoms with van der Waals surface area (Å²) >= 11 is 0. The van der Waals surface area contributed by atoms with Crippen molar-refractivity contribution in [2.45, 2.75) is 6.92 Å². The quantitative estimate of drug-likeness (QED) is 0.738. The standard InChI is InChI=1S/C13H12N2/c1-11-3-2-4-12(9-11)5-6-13-7-8-14-15-10-13/h2-10H,1H3. The molecule has 0 saturated heterocycles. The molecule has 1 aromatic heterocycles. The topological polar surface area (TPSA) is 25.8 Å². The second kappa shape index (κ2) is 4.51. The molecule has 0 N–H and O–H groups in total. The van der Waals surface area contributed by atoms with E-state index < -0.39 is 0 Å². The van der Waals surface area contributed by atoms with Gasteiger partial charge >= 0.3 is 0 Å². The summed E-state index contributed by atoms with van der Waals surface area (Å²) in [6.45, 7) is 2.09. The maximum Gasteiger partial charge on any atom is 0.0568 e. The molecule has 2 rings (SSSR count). The monoisotopic (exact) mass is 196 g/mol. The van der Waals surface area contributed by atoms with E-state index in [1.807, 2.05) is 12.1 Å². The molecule has 0 radical (unpaired) electrons. The van der Waals surface area contributed by atoms with E-state index in [4.69, 9.17) is 0 Å². The van der Waals surface area contributed by atoms with Crippen LogP contribution in [0.15, 0.2) is 42.7 Å². The highest BCUT2D eigenvalue weighted by atomic mass is 15.1. The number of aryl methyl sites for hydroxylation is 1. The largest absolute Gasteiger partial charge is 0.159 e. The van der Waals surface area contributed by atoms with Crippen molar-refractivity contribution in [1.29, 1.82) is 0 Å². The lowest BCUT2D eigenvalue weighted by molar-refractivity contribution is 1.03. The first-order valence-electron chi connectivity index (χ1n) is 4.86. The lowest BCUT2D eigenvalue weighted by Gasteiger charge is -1.95. The van der Waals surface area contributed by atoms with E-state index in [9.17, 15) is 0 Å².